The van der Waals surface area contributed by atoms with Crippen molar-refractivity contribution in [1.82, 2.24) is 15.5 Å². The average Bonchev–Trinajstić information content (AvgIpc) is 2.81. The van der Waals surface area contributed by atoms with Crippen LogP contribution < -0.4 is 10.6 Å². The lowest BCUT2D eigenvalue weighted by molar-refractivity contribution is -0.0100. The van der Waals surface area contributed by atoms with Gasteiger partial charge in [-0.3, -0.25) is 0 Å². The predicted octanol–water partition coefficient (Wildman–Crippen LogP) is 5.13. The maximum absolute atomic E-state index is 13.2. The molecule has 174 valence electrons. The van der Waals surface area contributed by atoms with Gasteiger partial charge in [0.1, 0.15) is 0 Å². The van der Waals surface area contributed by atoms with Crippen molar-refractivity contribution in [1.29, 1.82) is 0 Å². The fraction of sp³-hybridized carbons (Fsp3) is 0.731. The van der Waals surface area contributed by atoms with Gasteiger partial charge in [0.2, 0.25) is 0 Å². The number of nitrogens with zero attached hydrogens (tertiary/aromatic N) is 1. The number of hydrogen-bond acceptors (Lipinski definition) is 3. The number of likely N-dealkylation sites (N-methyl/N-ethyl adjacent to an activating group) is 1. The molecule has 0 radical (unpaired) electrons. The van der Waals surface area contributed by atoms with E-state index in [1.807, 2.05) is 11.9 Å². The molecule has 3 rings (SSSR count). The summed E-state index contributed by atoms with van der Waals surface area (Å²) in [6.07, 6.45) is 11.0. The van der Waals surface area contributed by atoms with E-state index < -0.39 is 0 Å². The molecule has 0 spiro atoms. The van der Waals surface area contributed by atoms with Crippen LogP contribution in [0, 0.1) is 11.8 Å². The van der Waals surface area contributed by atoms with Crippen molar-refractivity contribution in [2.45, 2.75) is 76.9 Å². The molecular weight excluding hydrogens is 386 g/mol. The van der Waals surface area contributed by atoms with Gasteiger partial charge in [-0.05, 0) is 44.2 Å². The smallest absolute Gasteiger partial charge is 0.317 e. The normalized spacial score (nSPS) is 22.1. The fourth-order valence-electron chi connectivity index (χ4n) is 5.36. The van der Waals surface area contributed by atoms with Crippen LogP contribution in [0.1, 0.15) is 76.4 Å². The summed E-state index contributed by atoms with van der Waals surface area (Å²) in [7, 11) is 1.98. The molecule has 31 heavy (non-hydrogen) atoms. The van der Waals surface area contributed by atoms with E-state index in [0.717, 1.165) is 57.8 Å². The topological polar surface area (TPSA) is 53.6 Å². The van der Waals surface area contributed by atoms with E-state index in [1.54, 1.807) is 0 Å². The van der Waals surface area contributed by atoms with Crippen molar-refractivity contribution in [2.75, 3.05) is 33.3 Å². The molecule has 3 atom stereocenters. The van der Waals surface area contributed by atoms with Crippen molar-refractivity contribution in [2.24, 2.45) is 11.8 Å². The number of likely N-dealkylation sites (tertiary alicyclic amines) is 1. The summed E-state index contributed by atoms with van der Waals surface area (Å²) in [5, 5.41) is 6.65. The number of ether oxygens (including phenoxy) is 1. The Kier molecular flexibility index (Phi) is 10.1. The lowest BCUT2D eigenvalue weighted by Gasteiger charge is -2.38. The monoisotopic (exact) mass is 429 g/mol. The van der Waals surface area contributed by atoms with E-state index in [0.29, 0.717) is 5.92 Å². The molecule has 1 saturated carbocycles. The largest absolute Gasteiger partial charge is 0.373 e. The zero-order valence-electron chi connectivity index (χ0n) is 19.7. The second-order valence-electron chi connectivity index (χ2n) is 9.49. The van der Waals surface area contributed by atoms with Gasteiger partial charge in [-0.2, -0.15) is 0 Å². The molecule has 1 aliphatic heterocycles. The zero-order chi connectivity index (χ0) is 21.9. The van der Waals surface area contributed by atoms with Gasteiger partial charge in [0.05, 0.1) is 6.10 Å². The molecule has 0 aromatic heterocycles. The molecule has 2 fully saturated rings. The van der Waals surface area contributed by atoms with Crippen LogP contribution in [0.2, 0.25) is 0 Å². The average molecular weight is 430 g/mol. The first-order chi connectivity index (χ1) is 15.2. The number of carbonyl (C=O) groups excluding carboxylic acids is 1. The van der Waals surface area contributed by atoms with Gasteiger partial charge in [-0.15, -0.1) is 0 Å². The van der Waals surface area contributed by atoms with E-state index in [1.165, 1.54) is 37.7 Å². The Bertz CT molecular complexity index is 633. The third-order valence-corrected chi connectivity index (χ3v) is 6.92. The molecule has 5 heteroatoms. The molecule has 0 bridgehead atoms. The minimum Gasteiger partial charge on any atom is -0.373 e. The second-order valence-corrected chi connectivity index (χ2v) is 9.49. The highest BCUT2D eigenvalue weighted by molar-refractivity contribution is 5.74. The Morgan fingerprint density at radius 2 is 1.90 bits per heavy atom. The van der Waals surface area contributed by atoms with Crippen molar-refractivity contribution in [3.63, 3.8) is 0 Å². The van der Waals surface area contributed by atoms with Crippen molar-refractivity contribution in [3.8, 4) is 0 Å². The van der Waals surface area contributed by atoms with Crippen LogP contribution in [0.25, 0.3) is 0 Å². The van der Waals surface area contributed by atoms with E-state index in [2.05, 4.69) is 47.9 Å². The van der Waals surface area contributed by atoms with Crippen LogP contribution in [0.4, 0.5) is 4.79 Å². The highest BCUT2D eigenvalue weighted by Gasteiger charge is 2.32. The van der Waals surface area contributed by atoms with Crippen molar-refractivity contribution >= 4 is 6.03 Å². The predicted molar refractivity (Wildman–Crippen MR) is 127 cm³/mol. The molecule has 1 aliphatic carbocycles. The van der Waals surface area contributed by atoms with Gasteiger partial charge >= 0.3 is 6.03 Å². The van der Waals surface area contributed by atoms with E-state index in [9.17, 15) is 4.79 Å². The van der Waals surface area contributed by atoms with E-state index >= 15 is 0 Å². The highest BCUT2D eigenvalue weighted by Crippen LogP contribution is 2.33. The lowest BCUT2D eigenvalue weighted by atomic mass is 9.85. The third kappa shape index (κ3) is 7.50. The Morgan fingerprint density at radius 3 is 2.61 bits per heavy atom. The van der Waals surface area contributed by atoms with Crippen molar-refractivity contribution < 1.29 is 9.53 Å². The van der Waals surface area contributed by atoms with Gasteiger partial charge in [0.15, 0.2) is 0 Å². The second kappa shape index (κ2) is 13.1. The SMILES string of the molecule is CCCO[C@@H](c1ccccc1)[C@@H]1CCCN(C(=O)N[C@H](CNC)CC2CCCCC2)C1. The first-order valence-electron chi connectivity index (χ1n) is 12.6. The Labute approximate surface area is 189 Å². The number of carbonyl (C=O) groups is 1. The van der Waals surface area contributed by atoms with Crippen LogP contribution in [0.5, 0.6) is 0 Å². The zero-order valence-corrected chi connectivity index (χ0v) is 19.7. The summed E-state index contributed by atoms with van der Waals surface area (Å²) in [4.78, 5) is 15.2. The summed E-state index contributed by atoms with van der Waals surface area (Å²) >= 11 is 0. The van der Waals surface area contributed by atoms with E-state index in [-0.39, 0.29) is 18.2 Å². The summed E-state index contributed by atoms with van der Waals surface area (Å²) in [6.45, 7) is 5.36. The van der Waals surface area contributed by atoms with Crippen molar-refractivity contribution in [3.05, 3.63) is 35.9 Å². The van der Waals surface area contributed by atoms with Gasteiger partial charge in [-0.1, -0.05) is 69.4 Å². The summed E-state index contributed by atoms with van der Waals surface area (Å²) in [6, 6.07) is 10.8. The summed E-state index contributed by atoms with van der Waals surface area (Å²) in [5.41, 5.74) is 1.23. The highest BCUT2D eigenvalue weighted by atomic mass is 16.5. The number of nitrogens with one attached hydrogen (secondary N) is 2. The van der Waals surface area contributed by atoms with Crippen LogP contribution in [0.15, 0.2) is 30.3 Å². The van der Waals surface area contributed by atoms with Crippen LogP contribution in [0.3, 0.4) is 0 Å². The lowest BCUT2D eigenvalue weighted by Crippen LogP contribution is -2.52. The van der Waals surface area contributed by atoms with Crippen LogP contribution in [-0.4, -0.2) is 50.3 Å². The quantitative estimate of drug-likeness (QED) is 0.542. The first-order valence-corrected chi connectivity index (χ1v) is 12.6. The number of piperidine rings is 1. The molecule has 1 heterocycles. The molecule has 2 N–H and O–H groups in total. The van der Waals surface area contributed by atoms with Gasteiger partial charge in [0, 0.05) is 38.2 Å². The Balaban J connectivity index is 1.59. The maximum atomic E-state index is 13.2. The first kappa shape index (κ1) is 24.1. The minimum atomic E-state index is 0.0621. The molecule has 2 amide bonds. The maximum Gasteiger partial charge on any atom is 0.317 e. The molecule has 2 aliphatic rings. The standard InChI is InChI=1S/C26H43N3O2/c1-3-17-31-25(22-13-8-5-9-14-22)23-15-10-16-29(20-23)26(30)28-24(19-27-2)18-21-11-6-4-7-12-21/h5,8-9,13-14,21,23-25,27H,3-4,6-7,10-12,15-20H2,1-2H3,(H,28,30)/t23-,24+,25+/m1/s1. The van der Waals surface area contributed by atoms with Gasteiger partial charge < -0.3 is 20.3 Å². The Hall–Kier alpha value is -1.59. The van der Waals surface area contributed by atoms with Gasteiger partial charge in [0.25, 0.3) is 0 Å². The van der Waals surface area contributed by atoms with Crippen LogP contribution >= 0.6 is 0 Å². The molecule has 5 nitrogen and oxygen atoms in total. The Morgan fingerprint density at radius 1 is 1.13 bits per heavy atom. The number of hydrogen-bond donors (Lipinski definition) is 2. The summed E-state index contributed by atoms with van der Waals surface area (Å²) in [5.74, 6) is 1.10. The molecule has 1 aromatic rings. The summed E-state index contributed by atoms with van der Waals surface area (Å²) < 4.78 is 6.30. The third-order valence-electron chi connectivity index (χ3n) is 6.92. The number of urea groups is 1. The number of amides is 2. The minimum absolute atomic E-state index is 0.0621. The number of benzene rings is 1. The molecule has 0 unspecified atom stereocenters. The van der Waals surface area contributed by atoms with E-state index in [4.69, 9.17) is 4.74 Å². The van der Waals surface area contributed by atoms with Crippen LogP contribution in [-0.2, 0) is 4.74 Å². The van der Waals surface area contributed by atoms with Gasteiger partial charge in [-0.25, -0.2) is 4.79 Å². The molecule has 1 saturated heterocycles. The number of rotatable bonds is 10. The molecular formula is C26H43N3O2. The fourth-order valence-corrected chi connectivity index (χ4v) is 5.36. The molecule has 1 aromatic carbocycles.